The number of piperazine rings is 1. The lowest BCUT2D eigenvalue weighted by molar-refractivity contribution is -0.384. The van der Waals surface area contributed by atoms with Gasteiger partial charge in [0.25, 0.3) is 5.69 Å². The van der Waals surface area contributed by atoms with Crippen molar-refractivity contribution in [1.82, 2.24) is 4.31 Å². The van der Waals surface area contributed by atoms with Crippen molar-refractivity contribution in [1.29, 1.82) is 0 Å². The minimum absolute atomic E-state index is 0.0756. The minimum atomic E-state index is -3.60. The Morgan fingerprint density at radius 2 is 1.70 bits per heavy atom. The number of aryl methyl sites for hydroxylation is 2. The van der Waals surface area contributed by atoms with Gasteiger partial charge < -0.3 is 4.90 Å². The number of nitro groups is 1. The summed E-state index contributed by atoms with van der Waals surface area (Å²) in [7, 11) is -3.60. The average molecular weight is 410 g/mol. The molecule has 1 aliphatic rings. The largest absolute Gasteiger partial charge is 0.363 e. The summed E-state index contributed by atoms with van der Waals surface area (Å²) in [5.74, 6) is 0. The molecular weight excluding hydrogens is 390 g/mol. The topological polar surface area (TPSA) is 83.8 Å². The second-order valence-electron chi connectivity index (χ2n) is 6.55. The van der Waals surface area contributed by atoms with Crippen LogP contribution in [0.15, 0.2) is 41.3 Å². The van der Waals surface area contributed by atoms with Crippen LogP contribution in [0.25, 0.3) is 0 Å². The molecule has 0 bridgehead atoms. The first-order chi connectivity index (χ1) is 12.7. The summed E-state index contributed by atoms with van der Waals surface area (Å²) in [4.78, 5) is 13.0. The predicted molar refractivity (Wildman–Crippen MR) is 105 cm³/mol. The van der Waals surface area contributed by atoms with Crippen molar-refractivity contribution in [3.63, 3.8) is 0 Å². The third-order valence-corrected chi connectivity index (χ3v) is 6.95. The normalized spacial score (nSPS) is 15.7. The lowest BCUT2D eigenvalue weighted by Crippen LogP contribution is -2.48. The highest BCUT2D eigenvalue weighted by Crippen LogP contribution is 2.32. The van der Waals surface area contributed by atoms with E-state index < -0.39 is 14.9 Å². The Labute approximate surface area is 163 Å². The molecule has 2 aromatic rings. The Morgan fingerprint density at radius 3 is 2.33 bits per heavy atom. The van der Waals surface area contributed by atoms with Gasteiger partial charge in [-0.1, -0.05) is 23.7 Å². The van der Waals surface area contributed by atoms with Crippen LogP contribution in [0.5, 0.6) is 0 Å². The van der Waals surface area contributed by atoms with Crippen molar-refractivity contribution in [2.24, 2.45) is 0 Å². The number of nitro benzene ring substituents is 1. The van der Waals surface area contributed by atoms with Gasteiger partial charge in [-0.25, -0.2) is 8.42 Å². The first-order valence-electron chi connectivity index (χ1n) is 8.46. The fraction of sp³-hybridized carbons (Fsp3) is 0.333. The molecule has 0 unspecified atom stereocenters. The molecule has 0 amide bonds. The average Bonchev–Trinajstić information content (AvgIpc) is 2.63. The molecule has 1 heterocycles. The Kier molecular flexibility index (Phi) is 5.41. The zero-order valence-corrected chi connectivity index (χ0v) is 16.6. The summed E-state index contributed by atoms with van der Waals surface area (Å²) >= 11 is 5.87. The monoisotopic (exact) mass is 409 g/mol. The smallest absolute Gasteiger partial charge is 0.294 e. The number of rotatable bonds is 4. The zero-order valence-electron chi connectivity index (χ0n) is 15.1. The van der Waals surface area contributed by atoms with Gasteiger partial charge in [0.1, 0.15) is 5.69 Å². The van der Waals surface area contributed by atoms with Gasteiger partial charge in [-0.15, -0.1) is 0 Å². The van der Waals surface area contributed by atoms with Crippen LogP contribution in [0.3, 0.4) is 0 Å². The second-order valence-corrected chi connectivity index (χ2v) is 8.89. The molecule has 0 N–H and O–H groups in total. The third kappa shape index (κ3) is 3.92. The van der Waals surface area contributed by atoms with E-state index in [1.54, 1.807) is 31.2 Å². The molecule has 0 spiro atoms. The lowest BCUT2D eigenvalue weighted by atomic mass is 10.2. The van der Waals surface area contributed by atoms with Gasteiger partial charge in [-0.3, -0.25) is 10.1 Å². The molecule has 0 aromatic heterocycles. The first-order valence-corrected chi connectivity index (χ1v) is 10.3. The maximum absolute atomic E-state index is 13.0. The molecule has 0 aliphatic carbocycles. The van der Waals surface area contributed by atoms with E-state index in [1.165, 1.54) is 10.4 Å². The molecule has 1 aliphatic heterocycles. The van der Waals surface area contributed by atoms with Crippen LogP contribution >= 0.6 is 11.6 Å². The highest BCUT2D eigenvalue weighted by atomic mass is 35.5. The quantitative estimate of drug-likeness (QED) is 0.571. The molecule has 1 fully saturated rings. The highest BCUT2D eigenvalue weighted by molar-refractivity contribution is 7.89. The second kappa shape index (κ2) is 7.46. The standard InChI is InChI=1S/C18H20ClN3O4S/c1-13-3-4-14(2)18(11-13)27(25,26)21-9-7-20(8-10-21)16-6-5-15(19)12-17(16)22(23)24/h3-6,11-12H,7-10H2,1-2H3. The zero-order chi connectivity index (χ0) is 19.8. The van der Waals surface area contributed by atoms with Crippen LogP contribution in [0.2, 0.25) is 5.02 Å². The van der Waals surface area contributed by atoms with Crippen molar-refractivity contribution in [3.05, 3.63) is 62.7 Å². The summed E-state index contributed by atoms with van der Waals surface area (Å²) in [5, 5.41) is 11.6. The maximum Gasteiger partial charge on any atom is 0.294 e. The molecule has 0 radical (unpaired) electrons. The number of hydrogen-bond acceptors (Lipinski definition) is 5. The fourth-order valence-corrected chi connectivity index (χ4v) is 5.10. The molecule has 144 valence electrons. The third-order valence-electron chi connectivity index (χ3n) is 4.67. The molecule has 3 rings (SSSR count). The number of nitrogens with zero attached hydrogens (tertiary/aromatic N) is 3. The summed E-state index contributed by atoms with van der Waals surface area (Å²) in [6.07, 6.45) is 0. The Hall–Kier alpha value is -2.16. The summed E-state index contributed by atoms with van der Waals surface area (Å²) < 4.78 is 27.4. The van der Waals surface area contributed by atoms with Crippen molar-refractivity contribution in [3.8, 4) is 0 Å². The Bertz CT molecular complexity index is 986. The summed E-state index contributed by atoms with van der Waals surface area (Å²) in [5.41, 5.74) is 1.97. The molecule has 0 atom stereocenters. The molecule has 7 nitrogen and oxygen atoms in total. The van der Waals surface area contributed by atoms with Crippen molar-refractivity contribution in [2.75, 3.05) is 31.1 Å². The number of sulfonamides is 1. The first kappa shape index (κ1) is 19.6. The van der Waals surface area contributed by atoms with Crippen LogP contribution in [0.1, 0.15) is 11.1 Å². The van der Waals surface area contributed by atoms with Crippen molar-refractivity contribution >= 4 is 33.0 Å². The van der Waals surface area contributed by atoms with Crippen LogP contribution in [0.4, 0.5) is 11.4 Å². The summed E-state index contributed by atoms with van der Waals surface area (Å²) in [6, 6.07) is 9.89. The SMILES string of the molecule is Cc1ccc(C)c(S(=O)(=O)N2CCN(c3ccc(Cl)cc3[N+](=O)[O-])CC2)c1. The lowest BCUT2D eigenvalue weighted by Gasteiger charge is -2.35. The Morgan fingerprint density at radius 1 is 1.04 bits per heavy atom. The van der Waals surface area contributed by atoms with E-state index in [2.05, 4.69) is 0 Å². The molecule has 27 heavy (non-hydrogen) atoms. The van der Waals surface area contributed by atoms with Gasteiger partial charge in [0.2, 0.25) is 10.0 Å². The number of halogens is 1. The van der Waals surface area contributed by atoms with E-state index >= 15 is 0 Å². The van der Waals surface area contributed by atoms with Crippen LogP contribution in [-0.4, -0.2) is 43.8 Å². The molecular formula is C18H20ClN3O4S. The highest BCUT2D eigenvalue weighted by Gasteiger charge is 2.31. The van der Waals surface area contributed by atoms with Crippen LogP contribution in [0, 0.1) is 24.0 Å². The molecule has 9 heteroatoms. The van der Waals surface area contributed by atoms with E-state index in [1.807, 2.05) is 17.9 Å². The van der Waals surface area contributed by atoms with Crippen molar-refractivity contribution < 1.29 is 13.3 Å². The van der Waals surface area contributed by atoms with Gasteiger partial charge in [0, 0.05) is 37.3 Å². The van der Waals surface area contributed by atoms with Gasteiger partial charge in [-0.2, -0.15) is 4.31 Å². The van der Waals surface area contributed by atoms with Crippen LogP contribution < -0.4 is 4.90 Å². The predicted octanol–water partition coefficient (Wildman–Crippen LogP) is 3.38. The Balaban J connectivity index is 1.82. The number of benzene rings is 2. The van der Waals surface area contributed by atoms with E-state index in [-0.39, 0.29) is 18.8 Å². The van der Waals surface area contributed by atoms with E-state index in [0.29, 0.717) is 34.3 Å². The summed E-state index contributed by atoms with van der Waals surface area (Å²) in [6.45, 7) is 4.89. The van der Waals surface area contributed by atoms with Crippen LogP contribution in [-0.2, 0) is 10.0 Å². The van der Waals surface area contributed by atoms with E-state index in [9.17, 15) is 18.5 Å². The fourth-order valence-electron chi connectivity index (χ4n) is 3.20. The molecule has 1 saturated heterocycles. The van der Waals surface area contributed by atoms with Gasteiger partial charge in [0.05, 0.1) is 9.82 Å². The number of hydrogen-bond donors (Lipinski definition) is 0. The number of anilines is 1. The van der Waals surface area contributed by atoms with Crippen molar-refractivity contribution in [2.45, 2.75) is 18.7 Å². The molecule has 2 aromatic carbocycles. The van der Waals surface area contributed by atoms with Gasteiger partial charge >= 0.3 is 0 Å². The van der Waals surface area contributed by atoms with E-state index in [4.69, 9.17) is 11.6 Å². The maximum atomic E-state index is 13.0. The minimum Gasteiger partial charge on any atom is -0.363 e. The van der Waals surface area contributed by atoms with E-state index in [0.717, 1.165) is 5.56 Å². The molecule has 0 saturated carbocycles. The van der Waals surface area contributed by atoms with Gasteiger partial charge in [-0.05, 0) is 43.2 Å². The van der Waals surface area contributed by atoms with Gasteiger partial charge in [0.15, 0.2) is 0 Å².